The Morgan fingerprint density at radius 3 is 2.44 bits per heavy atom. The van der Waals surface area contributed by atoms with Crippen molar-refractivity contribution in [2.75, 3.05) is 0 Å². The van der Waals surface area contributed by atoms with E-state index in [9.17, 15) is 24.9 Å². The van der Waals surface area contributed by atoms with E-state index in [1.807, 2.05) is 4.98 Å². The number of nitrogens with zero attached hydrogens (tertiary/aromatic N) is 1. The van der Waals surface area contributed by atoms with E-state index >= 15 is 0 Å². The van der Waals surface area contributed by atoms with E-state index in [2.05, 4.69) is 0 Å². The largest absolute Gasteiger partial charge is 0.390 e. The second-order valence-electron chi connectivity index (χ2n) is 3.87. The van der Waals surface area contributed by atoms with E-state index in [0.29, 0.717) is 0 Å². The molecule has 1 aromatic rings. The number of aromatic amines is 1. The molecule has 88 valence electrons. The van der Waals surface area contributed by atoms with Crippen LogP contribution in [-0.4, -0.2) is 43.2 Å². The standard InChI is InChI=1S/C9H12N2O5/c12-5-3-4(7(14)8(5)15)11-2-1-6(13)10-9(11)16/h1-2,4-5,7-8,12,14-15H,3H2,(H,10,13,16)/t4-,5+,7?,8?/m1/s1. The zero-order valence-electron chi connectivity index (χ0n) is 8.28. The molecular weight excluding hydrogens is 216 g/mol. The molecule has 0 aromatic carbocycles. The Kier molecular flexibility index (Phi) is 2.66. The van der Waals surface area contributed by atoms with Gasteiger partial charge in [-0.25, -0.2) is 4.79 Å². The van der Waals surface area contributed by atoms with Crippen LogP contribution in [0.5, 0.6) is 0 Å². The van der Waals surface area contributed by atoms with Crippen LogP contribution >= 0.6 is 0 Å². The zero-order valence-corrected chi connectivity index (χ0v) is 8.28. The predicted molar refractivity (Wildman–Crippen MR) is 53.0 cm³/mol. The maximum atomic E-state index is 11.4. The summed E-state index contributed by atoms with van der Waals surface area (Å²) in [5, 5.41) is 28.3. The molecule has 0 saturated heterocycles. The van der Waals surface area contributed by atoms with Gasteiger partial charge < -0.3 is 15.3 Å². The van der Waals surface area contributed by atoms with Crippen molar-refractivity contribution >= 4 is 0 Å². The lowest BCUT2D eigenvalue weighted by molar-refractivity contribution is -0.0249. The summed E-state index contributed by atoms with van der Waals surface area (Å²) >= 11 is 0. The van der Waals surface area contributed by atoms with E-state index in [1.54, 1.807) is 0 Å². The van der Waals surface area contributed by atoms with Crippen molar-refractivity contribution in [1.82, 2.24) is 9.55 Å². The van der Waals surface area contributed by atoms with Crippen molar-refractivity contribution in [3.63, 3.8) is 0 Å². The molecule has 0 spiro atoms. The van der Waals surface area contributed by atoms with Crippen molar-refractivity contribution in [3.05, 3.63) is 33.1 Å². The maximum Gasteiger partial charge on any atom is 0.328 e. The van der Waals surface area contributed by atoms with Crippen LogP contribution in [-0.2, 0) is 0 Å². The average Bonchev–Trinajstić information content (AvgIpc) is 2.46. The Bertz CT molecular complexity index is 493. The van der Waals surface area contributed by atoms with E-state index in [0.717, 1.165) is 10.6 Å². The molecule has 0 bridgehead atoms. The van der Waals surface area contributed by atoms with Gasteiger partial charge in [-0.1, -0.05) is 0 Å². The van der Waals surface area contributed by atoms with Crippen molar-refractivity contribution in [1.29, 1.82) is 0 Å². The van der Waals surface area contributed by atoms with Crippen LogP contribution in [0.3, 0.4) is 0 Å². The fourth-order valence-corrected chi connectivity index (χ4v) is 1.95. The van der Waals surface area contributed by atoms with Crippen LogP contribution in [0.25, 0.3) is 0 Å². The van der Waals surface area contributed by atoms with Crippen LogP contribution in [0.2, 0.25) is 0 Å². The lowest BCUT2D eigenvalue weighted by Crippen LogP contribution is -2.37. The third-order valence-electron chi connectivity index (χ3n) is 2.83. The normalized spacial score (nSPS) is 34.2. The highest BCUT2D eigenvalue weighted by Gasteiger charge is 2.41. The van der Waals surface area contributed by atoms with Crippen LogP contribution in [0.15, 0.2) is 21.9 Å². The third kappa shape index (κ3) is 1.69. The monoisotopic (exact) mass is 228 g/mol. The molecule has 7 heteroatoms. The summed E-state index contributed by atoms with van der Waals surface area (Å²) < 4.78 is 1.10. The predicted octanol–water partition coefficient (Wildman–Crippen LogP) is -2.44. The molecule has 2 rings (SSSR count). The van der Waals surface area contributed by atoms with Gasteiger partial charge in [-0.05, 0) is 6.42 Å². The summed E-state index contributed by atoms with van der Waals surface area (Å²) in [6, 6.07) is 0.417. The molecule has 1 fully saturated rings. The van der Waals surface area contributed by atoms with Gasteiger partial charge in [0.25, 0.3) is 5.56 Å². The fraction of sp³-hybridized carbons (Fsp3) is 0.556. The van der Waals surface area contributed by atoms with Crippen LogP contribution in [0.1, 0.15) is 12.5 Å². The highest BCUT2D eigenvalue weighted by Crippen LogP contribution is 2.29. The minimum Gasteiger partial charge on any atom is -0.390 e. The van der Waals surface area contributed by atoms with Gasteiger partial charge in [0.2, 0.25) is 0 Å². The van der Waals surface area contributed by atoms with Crippen molar-refractivity contribution in [2.24, 2.45) is 0 Å². The topological polar surface area (TPSA) is 116 Å². The second kappa shape index (κ2) is 3.85. The number of H-pyrrole nitrogens is 1. The summed E-state index contributed by atoms with van der Waals surface area (Å²) in [5.74, 6) is 0. The summed E-state index contributed by atoms with van der Waals surface area (Å²) in [6.07, 6.45) is -2.27. The molecule has 1 saturated carbocycles. The summed E-state index contributed by atoms with van der Waals surface area (Å²) in [7, 11) is 0. The van der Waals surface area contributed by atoms with Crippen molar-refractivity contribution in [3.8, 4) is 0 Å². The highest BCUT2D eigenvalue weighted by molar-refractivity contribution is 4.97. The molecule has 4 N–H and O–H groups in total. The number of nitrogens with one attached hydrogen (secondary N) is 1. The van der Waals surface area contributed by atoms with E-state index in [4.69, 9.17) is 0 Å². The Morgan fingerprint density at radius 2 is 1.94 bits per heavy atom. The molecule has 2 unspecified atom stereocenters. The third-order valence-corrected chi connectivity index (χ3v) is 2.83. The molecule has 1 aromatic heterocycles. The molecule has 1 heterocycles. The van der Waals surface area contributed by atoms with Crippen molar-refractivity contribution in [2.45, 2.75) is 30.8 Å². The molecule has 0 amide bonds. The first-order valence-electron chi connectivity index (χ1n) is 4.86. The van der Waals surface area contributed by atoms with Gasteiger partial charge in [0.05, 0.1) is 12.1 Å². The van der Waals surface area contributed by atoms with E-state index in [1.165, 1.54) is 6.20 Å². The first kappa shape index (κ1) is 11.1. The van der Waals surface area contributed by atoms with Gasteiger partial charge in [-0.15, -0.1) is 0 Å². The Morgan fingerprint density at radius 1 is 1.25 bits per heavy atom. The number of aliphatic hydroxyl groups excluding tert-OH is 3. The van der Waals surface area contributed by atoms with Crippen LogP contribution < -0.4 is 11.2 Å². The van der Waals surface area contributed by atoms with Gasteiger partial charge in [-0.3, -0.25) is 14.3 Å². The minimum atomic E-state index is -1.27. The Balaban J connectivity index is 2.39. The summed E-state index contributed by atoms with van der Waals surface area (Å²) in [6.45, 7) is 0. The molecule has 16 heavy (non-hydrogen) atoms. The molecule has 1 aliphatic carbocycles. The molecule has 0 radical (unpaired) electrons. The Hall–Kier alpha value is -1.44. The van der Waals surface area contributed by atoms with Gasteiger partial charge in [0.1, 0.15) is 12.2 Å². The zero-order chi connectivity index (χ0) is 11.9. The van der Waals surface area contributed by atoms with E-state index in [-0.39, 0.29) is 6.42 Å². The van der Waals surface area contributed by atoms with Crippen LogP contribution in [0, 0.1) is 0 Å². The van der Waals surface area contributed by atoms with Crippen molar-refractivity contribution < 1.29 is 15.3 Å². The Labute approximate surface area is 89.6 Å². The SMILES string of the molecule is O=c1ccn([C@@H]2C[C@H](O)C(O)C2O)c(=O)[nH]1. The summed E-state index contributed by atoms with van der Waals surface area (Å²) in [4.78, 5) is 24.3. The van der Waals surface area contributed by atoms with Gasteiger partial charge in [0.15, 0.2) is 0 Å². The second-order valence-corrected chi connectivity index (χ2v) is 3.87. The summed E-state index contributed by atoms with van der Waals surface area (Å²) in [5.41, 5.74) is -1.20. The average molecular weight is 228 g/mol. The van der Waals surface area contributed by atoms with Gasteiger partial charge in [0, 0.05) is 12.3 Å². The van der Waals surface area contributed by atoms with Gasteiger partial charge >= 0.3 is 5.69 Å². The number of hydrogen-bond acceptors (Lipinski definition) is 5. The lowest BCUT2D eigenvalue weighted by atomic mass is 10.2. The van der Waals surface area contributed by atoms with Crippen LogP contribution in [0.4, 0.5) is 0 Å². The molecule has 1 aliphatic rings. The first-order chi connectivity index (χ1) is 7.50. The van der Waals surface area contributed by atoms with Gasteiger partial charge in [-0.2, -0.15) is 0 Å². The number of aliphatic hydroxyl groups is 3. The van der Waals surface area contributed by atoms with E-state index < -0.39 is 35.6 Å². The maximum absolute atomic E-state index is 11.4. The lowest BCUT2D eigenvalue weighted by Gasteiger charge is -2.17. The molecular formula is C9H12N2O5. The number of aromatic nitrogens is 2. The molecule has 4 atom stereocenters. The first-order valence-corrected chi connectivity index (χ1v) is 4.86. The molecule has 7 nitrogen and oxygen atoms in total. The fourth-order valence-electron chi connectivity index (χ4n) is 1.95. The quantitative estimate of drug-likeness (QED) is 0.426. The minimum absolute atomic E-state index is 0.0638. The highest BCUT2D eigenvalue weighted by atomic mass is 16.4. The smallest absolute Gasteiger partial charge is 0.328 e. The molecule has 0 aliphatic heterocycles. The number of hydrogen-bond donors (Lipinski definition) is 4. The number of rotatable bonds is 1.